The Bertz CT molecular complexity index is 1370. The van der Waals surface area contributed by atoms with Gasteiger partial charge in [0.05, 0.1) is 19.1 Å². The smallest absolute Gasteiger partial charge is 0.307 e. The fourth-order valence-corrected chi connectivity index (χ4v) is 5.49. The Balaban J connectivity index is 1.47. The molecule has 0 saturated heterocycles. The molecule has 0 radical (unpaired) electrons. The van der Waals surface area contributed by atoms with Gasteiger partial charge in [-0.3, -0.25) is 9.59 Å². The third-order valence-corrected chi connectivity index (χ3v) is 7.26. The second-order valence-corrected chi connectivity index (χ2v) is 10.3. The number of carbonyl (C=O) groups is 2. The fraction of sp³-hybridized carbons (Fsp3) is 0.355. The minimum absolute atomic E-state index is 0.0332. The molecule has 1 unspecified atom stereocenters. The number of carbonyl (C=O) groups excluding carboxylic acids is 1. The van der Waals surface area contributed by atoms with Gasteiger partial charge in [-0.05, 0) is 84.7 Å². The highest BCUT2D eigenvalue weighted by molar-refractivity contribution is 5.81. The van der Waals surface area contributed by atoms with E-state index in [4.69, 9.17) is 9.47 Å². The van der Waals surface area contributed by atoms with E-state index in [0.29, 0.717) is 48.4 Å². The van der Waals surface area contributed by atoms with Crippen molar-refractivity contribution in [3.8, 4) is 22.6 Å². The molecule has 1 amide bonds. The summed E-state index contributed by atoms with van der Waals surface area (Å²) in [6.07, 6.45) is 1.33. The number of rotatable bonds is 7. The van der Waals surface area contributed by atoms with Gasteiger partial charge >= 0.3 is 5.97 Å². The second-order valence-electron chi connectivity index (χ2n) is 10.3. The largest absolute Gasteiger partial charge is 0.493 e. The lowest BCUT2D eigenvalue weighted by Gasteiger charge is -2.33. The van der Waals surface area contributed by atoms with Crippen LogP contribution in [0, 0.1) is 5.82 Å². The molecular weight excluding hydrogens is 485 g/mol. The number of hydrogen-bond acceptors (Lipinski definition) is 4. The maximum absolute atomic E-state index is 15.0. The van der Waals surface area contributed by atoms with E-state index in [1.54, 1.807) is 24.3 Å². The van der Waals surface area contributed by atoms with Gasteiger partial charge in [-0.15, -0.1) is 0 Å². The summed E-state index contributed by atoms with van der Waals surface area (Å²) in [5.74, 6) is 0.336. The molecule has 7 heteroatoms. The molecule has 3 aromatic rings. The molecule has 38 heavy (non-hydrogen) atoms. The highest BCUT2D eigenvalue weighted by atomic mass is 19.1. The van der Waals surface area contributed by atoms with E-state index in [9.17, 15) is 19.1 Å². The standard InChI is InChI=1S/C31H32FNO5/c1-19(2)38-29-10-7-20(16-31(35)36)15-25(29)23-8-9-27(32)24-11-13-33(18-26(23)24)30(34)17-21-12-14-37-28-6-4-3-5-22(21)28/h3-10,15,19,21H,11-14,16-18H2,1-2H3,(H,35,36). The molecule has 0 spiro atoms. The molecule has 0 aromatic heterocycles. The number of para-hydroxylation sites is 1. The van der Waals surface area contributed by atoms with E-state index in [1.807, 2.05) is 43.0 Å². The molecule has 5 rings (SSSR count). The fourth-order valence-electron chi connectivity index (χ4n) is 5.49. The summed E-state index contributed by atoms with van der Waals surface area (Å²) >= 11 is 0. The number of halogens is 1. The van der Waals surface area contributed by atoms with Crippen molar-refractivity contribution in [1.82, 2.24) is 4.90 Å². The van der Waals surface area contributed by atoms with E-state index in [1.165, 1.54) is 6.07 Å². The number of fused-ring (bicyclic) bond motifs is 2. The van der Waals surface area contributed by atoms with E-state index in [0.717, 1.165) is 28.9 Å². The Morgan fingerprint density at radius 1 is 1.11 bits per heavy atom. The molecule has 6 nitrogen and oxygen atoms in total. The topological polar surface area (TPSA) is 76.1 Å². The molecule has 0 saturated carbocycles. The summed E-state index contributed by atoms with van der Waals surface area (Å²) in [6, 6.07) is 16.3. The molecule has 1 atom stereocenters. The van der Waals surface area contributed by atoms with Crippen LogP contribution in [0.5, 0.6) is 11.5 Å². The zero-order valence-corrected chi connectivity index (χ0v) is 21.7. The highest BCUT2D eigenvalue weighted by Gasteiger charge is 2.30. The van der Waals surface area contributed by atoms with Crippen LogP contribution in [-0.2, 0) is 29.0 Å². The molecule has 0 fully saturated rings. The van der Waals surface area contributed by atoms with Crippen molar-refractivity contribution in [2.75, 3.05) is 13.2 Å². The van der Waals surface area contributed by atoms with Crippen molar-refractivity contribution in [3.05, 3.63) is 82.7 Å². The third-order valence-electron chi connectivity index (χ3n) is 7.26. The van der Waals surface area contributed by atoms with Crippen molar-refractivity contribution in [1.29, 1.82) is 0 Å². The van der Waals surface area contributed by atoms with Gasteiger partial charge in [0.2, 0.25) is 5.91 Å². The molecule has 0 bridgehead atoms. The molecule has 2 aliphatic rings. The molecule has 198 valence electrons. The Hall–Kier alpha value is -3.87. The van der Waals surface area contributed by atoms with Crippen LogP contribution in [-0.4, -0.2) is 41.1 Å². The van der Waals surface area contributed by atoms with Crippen LogP contribution in [0.15, 0.2) is 54.6 Å². The first-order valence-electron chi connectivity index (χ1n) is 13.1. The lowest BCUT2D eigenvalue weighted by molar-refractivity contribution is -0.136. The molecular formula is C31H32FNO5. The predicted octanol–water partition coefficient (Wildman–Crippen LogP) is 5.75. The third kappa shape index (κ3) is 5.37. The predicted molar refractivity (Wildman–Crippen MR) is 142 cm³/mol. The number of benzene rings is 3. The summed E-state index contributed by atoms with van der Waals surface area (Å²) in [5.41, 5.74) is 4.50. The van der Waals surface area contributed by atoms with Crippen LogP contribution < -0.4 is 9.47 Å². The van der Waals surface area contributed by atoms with Crippen LogP contribution in [0.3, 0.4) is 0 Å². The summed E-state index contributed by atoms with van der Waals surface area (Å²) < 4.78 is 26.8. The first-order chi connectivity index (χ1) is 18.3. The van der Waals surface area contributed by atoms with Crippen molar-refractivity contribution in [3.63, 3.8) is 0 Å². The van der Waals surface area contributed by atoms with Crippen molar-refractivity contribution in [2.24, 2.45) is 0 Å². The van der Waals surface area contributed by atoms with E-state index in [2.05, 4.69) is 0 Å². The molecule has 2 heterocycles. The maximum Gasteiger partial charge on any atom is 0.307 e. The number of nitrogens with zero attached hydrogens (tertiary/aromatic N) is 1. The second kappa shape index (κ2) is 10.9. The van der Waals surface area contributed by atoms with Crippen LogP contribution in [0.25, 0.3) is 11.1 Å². The van der Waals surface area contributed by atoms with Crippen molar-refractivity contribution in [2.45, 2.75) is 58.1 Å². The normalized spacial score (nSPS) is 16.4. The minimum atomic E-state index is -0.930. The van der Waals surface area contributed by atoms with Gasteiger partial charge in [0.25, 0.3) is 0 Å². The maximum atomic E-state index is 15.0. The molecule has 3 aromatic carbocycles. The van der Waals surface area contributed by atoms with Crippen molar-refractivity contribution >= 4 is 11.9 Å². The van der Waals surface area contributed by atoms with Crippen LogP contribution in [0.2, 0.25) is 0 Å². The highest BCUT2D eigenvalue weighted by Crippen LogP contribution is 2.40. The lowest BCUT2D eigenvalue weighted by Crippen LogP contribution is -2.37. The number of aliphatic carboxylic acids is 1. The SMILES string of the molecule is CC(C)Oc1ccc(CC(=O)O)cc1-c1ccc(F)c2c1CN(C(=O)CC1CCOc3ccccc31)CC2. The Kier molecular flexibility index (Phi) is 7.36. The Labute approximate surface area is 222 Å². The molecule has 1 N–H and O–H groups in total. The van der Waals surface area contributed by atoms with Gasteiger partial charge in [0, 0.05) is 25.1 Å². The monoisotopic (exact) mass is 517 g/mol. The van der Waals surface area contributed by atoms with Gasteiger partial charge in [-0.1, -0.05) is 30.3 Å². The summed E-state index contributed by atoms with van der Waals surface area (Å²) in [4.78, 5) is 26.7. The van der Waals surface area contributed by atoms with Crippen molar-refractivity contribution < 1.29 is 28.6 Å². The zero-order chi connectivity index (χ0) is 26.8. The van der Waals surface area contributed by atoms with Gasteiger partial charge in [-0.25, -0.2) is 4.39 Å². The van der Waals surface area contributed by atoms with Crippen LogP contribution in [0.4, 0.5) is 4.39 Å². The van der Waals surface area contributed by atoms with Gasteiger partial charge in [0.15, 0.2) is 0 Å². The van der Waals surface area contributed by atoms with Crippen LogP contribution in [0.1, 0.15) is 54.9 Å². The number of amides is 1. The Morgan fingerprint density at radius 3 is 2.71 bits per heavy atom. The Morgan fingerprint density at radius 2 is 1.92 bits per heavy atom. The molecule has 0 aliphatic carbocycles. The lowest BCUT2D eigenvalue weighted by atomic mass is 9.87. The summed E-state index contributed by atoms with van der Waals surface area (Å²) in [5, 5.41) is 9.33. The number of carboxylic acids is 1. The van der Waals surface area contributed by atoms with E-state index in [-0.39, 0.29) is 36.7 Å². The number of ether oxygens (including phenoxy) is 2. The number of carboxylic acid groups (broad SMARTS) is 1. The quantitative estimate of drug-likeness (QED) is 0.432. The average Bonchev–Trinajstić information content (AvgIpc) is 2.89. The van der Waals surface area contributed by atoms with Gasteiger partial charge in [-0.2, -0.15) is 0 Å². The zero-order valence-electron chi connectivity index (χ0n) is 21.7. The average molecular weight is 518 g/mol. The number of hydrogen-bond donors (Lipinski definition) is 1. The molecule has 2 aliphatic heterocycles. The van der Waals surface area contributed by atoms with E-state index >= 15 is 0 Å². The summed E-state index contributed by atoms with van der Waals surface area (Å²) in [6.45, 7) is 5.16. The first kappa shape index (κ1) is 25.8. The van der Waals surface area contributed by atoms with Gasteiger partial charge in [0.1, 0.15) is 17.3 Å². The van der Waals surface area contributed by atoms with Crippen LogP contribution >= 0.6 is 0 Å². The minimum Gasteiger partial charge on any atom is -0.493 e. The van der Waals surface area contributed by atoms with E-state index < -0.39 is 5.97 Å². The van der Waals surface area contributed by atoms with Gasteiger partial charge < -0.3 is 19.5 Å². The first-order valence-corrected chi connectivity index (χ1v) is 13.1. The summed E-state index contributed by atoms with van der Waals surface area (Å²) in [7, 11) is 0.